The van der Waals surface area contributed by atoms with Crippen LogP contribution in [0.4, 0.5) is 0 Å². The van der Waals surface area contributed by atoms with Crippen LogP contribution in [0.2, 0.25) is 0 Å². The molecule has 2 aliphatic carbocycles. The number of carbonyl (C=O) groups excluding carboxylic acids is 1. The van der Waals surface area contributed by atoms with Crippen molar-refractivity contribution in [3.8, 4) is 0 Å². The lowest BCUT2D eigenvalue weighted by atomic mass is 9.87. The first kappa shape index (κ1) is 15.2. The topological polar surface area (TPSA) is 40.5 Å². The first-order chi connectivity index (χ1) is 11.3. The molecule has 23 heavy (non-hydrogen) atoms. The number of benzene rings is 1. The van der Waals surface area contributed by atoms with Gasteiger partial charge in [-0.2, -0.15) is 0 Å². The first-order valence-corrected chi connectivity index (χ1v) is 9.27. The molecule has 0 bridgehead atoms. The van der Waals surface area contributed by atoms with Crippen molar-refractivity contribution in [3.05, 3.63) is 35.9 Å². The molecular weight excluding hydrogens is 286 g/mol. The maximum atomic E-state index is 12.7. The van der Waals surface area contributed by atoms with Crippen molar-refractivity contribution < 1.29 is 9.90 Å². The number of carbonyl (C=O) groups is 1. The van der Waals surface area contributed by atoms with E-state index in [1.165, 1.54) is 25.7 Å². The number of hydrogen-bond acceptors (Lipinski definition) is 2. The summed E-state index contributed by atoms with van der Waals surface area (Å²) in [6, 6.07) is 9.93. The predicted molar refractivity (Wildman–Crippen MR) is 89.6 cm³/mol. The summed E-state index contributed by atoms with van der Waals surface area (Å²) in [7, 11) is 0. The van der Waals surface area contributed by atoms with E-state index in [0.717, 1.165) is 31.5 Å². The summed E-state index contributed by atoms with van der Waals surface area (Å²) in [5.41, 5.74) is 1.01. The number of rotatable bonds is 3. The molecule has 1 aromatic carbocycles. The third-order valence-corrected chi connectivity index (χ3v) is 6.38. The maximum absolute atomic E-state index is 12.7. The van der Waals surface area contributed by atoms with Crippen molar-refractivity contribution in [2.45, 2.75) is 44.6 Å². The number of aliphatic hydroxyl groups excluding tert-OH is 1. The monoisotopic (exact) mass is 313 g/mol. The van der Waals surface area contributed by atoms with Gasteiger partial charge in [-0.25, -0.2) is 0 Å². The third-order valence-electron chi connectivity index (χ3n) is 6.38. The highest BCUT2D eigenvalue weighted by atomic mass is 16.3. The van der Waals surface area contributed by atoms with E-state index < -0.39 is 6.10 Å². The summed E-state index contributed by atoms with van der Waals surface area (Å²) in [4.78, 5) is 14.8. The van der Waals surface area contributed by atoms with Crippen LogP contribution < -0.4 is 0 Å². The van der Waals surface area contributed by atoms with Crippen LogP contribution in [0.1, 0.15) is 50.2 Å². The highest BCUT2D eigenvalue weighted by Crippen LogP contribution is 2.56. The van der Waals surface area contributed by atoms with E-state index >= 15 is 0 Å². The van der Waals surface area contributed by atoms with Gasteiger partial charge in [0.1, 0.15) is 0 Å². The summed E-state index contributed by atoms with van der Waals surface area (Å²) < 4.78 is 0. The molecule has 1 aromatic rings. The van der Waals surface area contributed by atoms with Gasteiger partial charge in [0.2, 0.25) is 5.91 Å². The van der Waals surface area contributed by atoms with E-state index in [4.69, 9.17) is 0 Å². The molecule has 0 radical (unpaired) electrons. The van der Waals surface area contributed by atoms with Crippen LogP contribution in [0, 0.1) is 23.7 Å². The van der Waals surface area contributed by atoms with Crippen LogP contribution in [0.15, 0.2) is 30.3 Å². The van der Waals surface area contributed by atoms with Crippen LogP contribution in [0.5, 0.6) is 0 Å². The van der Waals surface area contributed by atoms with Gasteiger partial charge < -0.3 is 10.0 Å². The molecule has 1 aliphatic heterocycles. The zero-order valence-corrected chi connectivity index (χ0v) is 13.7. The van der Waals surface area contributed by atoms with E-state index in [1.54, 1.807) is 0 Å². The van der Waals surface area contributed by atoms with Crippen LogP contribution >= 0.6 is 0 Å². The fourth-order valence-electron chi connectivity index (χ4n) is 4.93. The van der Waals surface area contributed by atoms with E-state index in [-0.39, 0.29) is 5.92 Å². The van der Waals surface area contributed by atoms with Gasteiger partial charge in [-0.1, -0.05) is 43.2 Å². The van der Waals surface area contributed by atoms with Gasteiger partial charge in [0, 0.05) is 19.0 Å². The van der Waals surface area contributed by atoms with Crippen molar-refractivity contribution in [3.63, 3.8) is 0 Å². The van der Waals surface area contributed by atoms with E-state index in [1.807, 2.05) is 30.3 Å². The normalized spacial score (nSPS) is 32.2. The van der Waals surface area contributed by atoms with Crippen molar-refractivity contribution >= 4 is 5.91 Å². The summed E-state index contributed by atoms with van der Waals surface area (Å²) in [5.74, 6) is 2.43. The fourth-order valence-corrected chi connectivity index (χ4v) is 4.93. The first-order valence-electron chi connectivity index (χ1n) is 9.27. The Labute approximate surface area is 138 Å². The average molecular weight is 313 g/mol. The largest absolute Gasteiger partial charge is 0.388 e. The number of nitrogens with zero attached hydrogens (tertiary/aromatic N) is 1. The van der Waals surface area contributed by atoms with Gasteiger partial charge in [-0.3, -0.25) is 4.79 Å². The molecule has 0 aromatic heterocycles. The Hall–Kier alpha value is -1.35. The van der Waals surface area contributed by atoms with E-state index in [9.17, 15) is 9.90 Å². The highest BCUT2D eigenvalue weighted by molar-refractivity contribution is 5.82. The zero-order valence-electron chi connectivity index (χ0n) is 13.7. The second-order valence-corrected chi connectivity index (χ2v) is 7.66. The molecule has 0 spiro atoms. The molecular formula is C20H27NO2. The lowest BCUT2D eigenvalue weighted by molar-refractivity contribution is -0.135. The molecule has 3 heteroatoms. The fraction of sp³-hybridized carbons (Fsp3) is 0.650. The van der Waals surface area contributed by atoms with Gasteiger partial charge in [-0.05, 0) is 49.0 Å². The molecule has 3 fully saturated rings. The Morgan fingerprint density at radius 2 is 1.61 bits per heavy atom. The second-order valence-electron chi connectivity index (χ2n) is 7.66. The quantitative estimate of drug-likeness (QED) is 0.929. The molecule has 3 nitrogen and oxygen atoms in total. The van der Waals surface area contributed by atoms with Gasteiger partial charge >= 0.3 is 0 Å². The molecule has 1 heterocycles. The van der Waals surface area contributed by atoms with E-state index in [2.05, 4.69) is 4.90 Å². The standard InChI is InChI=1S/C20H27NO2/c22-19(14-6-2-1-3-7-14)15-10-12-21(13-11-15)20(23)18-16-8-4-5-9-17(16)18/h1-3,6-7,15-19,22H,4-5,8-13H2. The van der Waals surface area contributed by atoms with Gasteiger partial charge in [0.25, 0.3) is 0 Å². The number of amides is 1. The Morgan fingerprint density at radius 1 is 1.00 bits per heavy atom. The molecule has 124 valence electrons. The number of likely N-dealkylation sites (tertiary alicyclic amines) is 1. The lowest BCUT2D eigenvalue weighted by Gasteiger charge is -2.34. The van der Waals surface area contributed by atoms with Crippen molar-refractivity contribution in [2.24, 2.45) is 23.7 Å². The minimum Gasteiger partial charge on any atom is -0.388 e. The average Bonchev–Trinajstić information content (AvgIpc) is 3.36. The molecule has 2 saturated carbocycles. The van der Waals surface area contributed by atoms with Gasteiger partial charge in [-0.15, -0.1) is 0 Å². The minimum absolute atomic E-state index is 0.280. The Bertz CT molecular complexity index is 538. The highest BCUT2D eigenvalue weighted by Gasteiger charge is 2.55. The van der Waals surface area contributed by atoms with Crippen molar-refractivity contribution in [1.82, 2.24) is 4.90 Å². The maximum Gasteiger partial charge on any atom is 0.226 e. The van der Waals surface area contributed by atoms with Crippen molar-refractivity contribution in [1.29, 1.82) is 0 Å². The van der Waals surface area contributed by atoms with Gasteiger partial charge in [0.05, 0.1) is 6.10 Å². The Balaban J connectivity index is 1.32. The molecule has 3 aliphatic rings. The third kappa shape index (κ3) is 2.91. The second kappa shape index (κ2) is 6.27. The van der Waals surface area contributed by atoms with Crippen LogP contribution in [-0.2, 0) is 4.79 Å². The molecule has 3 unspecified atom stereocenters. The Morgan fingerprint density at radius 3 is 2.22 bits per heavy atom. The number of fused-ring (bicyclic) bond motifs is 1. The van der Waals surface area contributed by atoms with Crippen LogP contribution in [-0.4, -0.2) is 29.0 Å². The summed E-state index contributed by atoms with van der Waals surface area (Å²) in [5, 5.41) is 10.6. The molecule has 1 saturated heterocycles. The number of aliphatic hydroxyl groups is 1. The predicted octanol–water partition coefficient (Wildman–Crippen LogP) is 3.39. The molecule has 1 N–H and O–H groups in total. The Kier molecular flexibility index (Phi) is 4.14. The SMILES string of the molecule is O=C(C1C2CCCCC21)N1CCC(C(O)c2ccccc2)CC1. The molecule has 4 rings (SSSR count). The lowest BCUT2D eigenvalue weighted by Crippen LogP contribution is -2.41. The number of piperidine rings is 1. The van der Waals surface area contributed by atoms with Gasteiger partial charge in [0.15, 0.2) is 0 Å². The summed E-state index contributed by atoms with van der Waals surface area (Å²) >= 11 is 0. The summed E-state index contributed by atoms with van der Waals surface area (Å²) in [6.45, 7) is 1.65. The van der Waals surface area contributed by atoms with E-state index in [0.29, 0.717) is 23.7 Å². The number of hydrogen-bond donors (Lipinski definition) is 1. The zero-order chi connectivity index (χ0) is 15.8. The van der Waals surface area contributed by atoms with Crippen molar-refractivity contribution in [2.75, 3.05) is 13.1 Å². The summed E-state index contributed by atoms with van der Waals surface area (Å²) in [6.07, 6.45) is 6.62. The smallest absolute Gasteiger partial charge is 0.226 e. The van der Waals surface area contributed by atoms with Crippen LogP contribution in [0.3, 0.4) is 0 Å². The molecule has 3 atom stereocenters. The minimum atomic E-state index is -0.392. The van der Waals surface area contributed by atoms with Crippen LogP contribution in [0.25, 0.3) is 0 Å². The molecule has 1 amide bonds.